The van der Waals surface area contributed by atoms with Crippen LogP contribution in [0.5, 0.6) is 0 Å². The molecule has 0 bridgehead atoms. The van der Waals surface area contributed by atoms with Crippen LogP contribution in [-0.4, -0.2) is 24.9 Å². The first-order valence-electron chi connectivity index (χ1n) is 9.28. The van der Waals surface area contributed by atoms with E-state index in [0.29, 0.717) is 17.7 Å². The average molecular weight is 373 g/mol. The number of aryl methyl sites for hydroxylation is 1. The quantitative estimate of drug-likeness (QED) is 0.556. The number of thioether (sulfide) groups is 1. The van der Waals surface area contributed by atoms with Gasteiger partial charge in [0.15, 0.2) is 16.7 Å². The van der Waals surface area contributed by atoms with Gasteiger partial charge in [0.1, 0.15) is 0 Å². The lowest BCUT2D eigenvalue weighted by Crippen LogP contribution is -2.15. The third-order valence-corrected chi connectivity index (χ3v) is 5.58. The summed E-state index contributed by atoms with van der Waals surface area (Å²) in [6.07, 6.45) is 9.63. The van der Waals surface area contributed by atoms with Gasteiger partial charge in [-0.1, -0.05) is 43.1 Å². The standard InChI is InChI=1S/C18H23N5O2S/c1-2-7-15-19-16(25-22-15)12-26-18-21-20-17(14-10-6-11-24-14)23(18)13-8-4-3-5-9-13/h6,10-11,13H,2-5,7-9,12H2,1H3. The van der Waals surface area contributed by atoms with Crippen molar-refractivity contribution in [2.45, 2.75) is 68.8 Å². The highest BCUT2D eigenvalue weighted by Crippen LogP contribution is 2.36. The molecule has 26 heavy (non-hydrogen) atoms. The molecule has 3 heterocycles. The van der Waals surface area contributed by atoms with E-state index in [4.69, 9.17) is 8.94 Å². The zero-order chi connectivity index (χ0) is 17.8. The Morgan fingerprint density at radius 1 is 1.23 bits per heavy atom. The Morgan fingerprint density at radius 2 is 2.12 bits per heavy atom. The molecule has 0 N–H and O–H groups in total. The Morgan fingerprint density at radius 3 is 2.88 bits per heavy atom. The van der Waals surface area contributed by atoms with E-state index in [9.17, 15) is 0 Å². The molecule has 3 aromatic rings. The normalized spacial score (nSPS) is 15.6. The summed E-state index contributed by atoms with van der Waals surface area (Å²) in [5.74, 6) is 3.57. The fourth-order valence-electron chi connectivity index (χ4n) is 3.42. The van der Waals surface area contributed by atoms with Crippen LogP contribution in [0.4, 0.5) is 0 Å². The maximum absolute atomic E-state index is 5.58. The number of hydrogen-bond donors (Lipinski definition) is 0. The summed E-state index contributed by atoms with van der Waals surface area (Å²) in [6, 6.07) is 4.24. The number of furan rings is 1. The lowest BCUT2D eigenvalue weighted by Gasteiger charge is -2.25. The van der Waals surface area contributed by atoms with E-state index in [0.717, 1.165) is 48.2 Å². The number of aromatic nitrogens is 5. The Hall–Kier alpha value is -2.09. The molecule has 0 spiro atoms. The molecule has 0 aliphatic heterocycles. The van der Waals surface area contributed by atoms with Crippen molar-refractivity contribution >= 4 is 11.8 Å². The van der Waals surface area contributed by atoms with Gasteiger partial charge in [-0.2, -0.15) is 4.98 Å². The molecular formula is C18H23N5O2S. The molecule has 1 fully saturated rings. The topological polar surface area (TPSA) is 82.8 Å². The van der Waals surface area contributed by atoms with Crippen LogP contribution in [0.2, 0.25) is 0 Å². The molecule has 138 valence electrons. The maximum atomic E-state index is 5.58. The van der Waals surface area contributed by atoms with Crippen LogP contribution in [0.3, 0.4) is 0 Å². The van der Waals surface area contributed by atoms with Crippen molar-refractivity contribution in [1.29, 1.82) is 0 Å². The van der Waals surface area contributed by atoms with Gasteiger partial charge in [-0.25, -0.2) is 0 Å². The summed E-state index contributed by atoms with van der Waals surface area (Å²) in [5, 5.41) is 13.8. The number of rotatable bonds is 7. The van der Waals surface area contributed by atoms with Crippen LogP contribution in [0, 0.1) is 0 Å². The molecule has 1 aliphatic rings. The van der Waals surface area contributed by atoms with Crippen LogP contribution in [0.25, 0.3) is 11.6 Å². The largest absolute Gasteiger partial charge is 0.461 e. The van der Waals surface area contributed by atoms with Crippen molar-refractivity contribution in [1.82, 2.24) is 24.9 Å². The third kappa shape index (κ3) is 3.70. The molecule has 4 rings (SSSR count). The SMILES string of the molecule is CCCc1noc(CSc2nnc(-c3ccco3)n2C2CCCCC2)n1. The highest BCUT2D eigenvalue weighted by atomic mass is 32.2. The molecule has 0 atom stereocenters. The second-order valence-electron chi connectivity index (χ2n) is 6.59. The summed E-state index contributed by atoms with van der Waals surface area (Å²) in [7, 11) is 0. The van der Waals surface area contributed by atoms with Crippen LogP contribution in [0.1, 0.15) is 63.2 Å². The number of hydrogen-bond acceptors (Lipinski definition) is 7. The lowest BCUT2D eigenvalue weighted by atomic mass is 9.95. The van der Waals surface area contributed by atoms with Gasteiger partial charge in [0.25, 0.3) is 0 Å². The van der Waals surface area contributed by atoms with Gasteiger partial charge >= 0.3 is 0 Å². The fourth-order valence-corrected chi connectivity index (χ4v) is 4.26. The Labute approximate surface area is 156 Å². The molecule has 7 nitrogen and oxygen atoms in total. The van der Waals surface area contributed by atoms with Crippen LogP contribution in [0.15, 0.2) is 32.5 Å². The van der Waals surface area contributed by atoms with Crippen molar-refractivity contribution in [3.8, 4) is 11.6 Å². The molecule has 3 aromatic heterocycles. The molecule has 0 amide bonds. The van der Waals surface area contributed by atoms with E-state index < -0.39 is 0 Å². The molecule has 8 heteroatoms. The van der Waals surface area contributed by atoms with E-state index in [2.05, 4.69) is 31.8 Å². The fraction of sp³-hybridized carbons (Fsp3) is 0.556. The van der Waals surface area contributed by atoms with E-state index >= 15 is 0 Å². The summed E-state index contributed by atoms with van der Waals surface area (Å²) < 4.78 is 13.2. The lowest BCUT2D eigenvalue weighted by molar-refractivity contribution is 0.337. The minimum atomic E-state index is 0.416. The van der Waals surface area contributed by atoms with Crippen LogP contribution in [-0.2, 0) is 12.2 Å². The minimum absolute atomic E-state index is 0.416. The van der Waals surface area contributed by atoms with Crippen molar-refractivity contribution in [3.05, 3.63) is 30.1 Å². The van der Waals surface area contributed by atoms with Gasteiger partial charge in [0.05, 0.1) is 12.0 Å². The molecule has 0 unspecified atom stereocenters. The molecule has 1 aliphatic carbocycles. The summed E-state index contributed by atoms with van der Waals surface area (Å²) in [5.41, 5.74) is 0. The maximum Gasteiger partial charge on any atom is 0.237 e. The zero-order valence-corrected chi connectivity index (χ0v) is 15.7. The summed E-state index contributed by atoms with van der Waals surface area (Å²) >= 11 is 1.59. The van der Waals surface area contributed by atoms with Crippen molar-refractivity contribution in [2.75, 3.05) is 0 Å². The summed E-state index contributed by atoms with van der Waals surface area (Å²) in [6.45, 7) is 2.10. The van der Waals surface area contributed by atoms with Gasteiger partial charge < -0.3 is 8.94 Å². The number of nitrogens with zero attached hydrogens (tertiary/aromatic N) is 5. The van der Waals surface area contributed by atoms with Crippen LogP contribution >= 0.6 is 11.8 Å². The smallest absolute Gasteiger partial charge is 0.237 e. The van der Waals surface area contributed by atoms with E-state index in [1.165, 1.54) is 19.3 Å². The van der Waals surface area contributed by atoms with Gasteiger partial charge in [-0.05, 0) is 31.4 Å². The Balaban J connectivity index is 1.56. The Kier molecular flexibility index (Phi) is 5.38. The van der Waals surface area contributed by atoms with Gasteiger partial charge in [0, 0.05) is 12.5 Å². The van der Waals surface area contributed by atoms with Crippen LogP contribution < -0.4 is 0 Å². The van der Waals surface area contributed by atoms with Gasteiger partial charge in [-0.15, -0.1) is 10.2 Å². The molecule has 0 radical (unpaired) electrons. The van der Waals surface area contributed by atoms with Gasteiger partial charge in [0.2, 0.25) is 11.7 Å². The summed E-state index contributed by atoms with van der Waals surface area (Å²) in [4.78, 5) is 4.44. The third-order valence-electron chi connectivity index (χ3n) is 4.65. The molecule has 1 saturated carbocycles. The predicted octanol–water partition coefficient (Wildman–Crippen LogP) is 4.67. The first kappa shape index (κ1) is 17.3. The van der Waals surface area contributed by atoms with Crippen molar-refractivity contribution < 1.29 is 8.94 Å². The second kappa shape index (κ2) is 8.07. The highest BCUT2D eigenvalue weighted by Gasteiger charge is 2.25. The van der Waals surface area contributed by atoms with E-state index in [1.807, 2.05) is 12.1 Å². The zero-order valence-electron chi connectivity index (χ0n) is 14.9. The van der Waals surface area contributed by atoms with E-state index in [1.54, 1.807) is 18.0 Å². The first-order valence-corrected chi connectivity index (χ1v) is 10.3. The highest BCUT2D eigenvalue weighted by molar-refractivity contribution is 7.98. The molecule has 0 aromatic carbocycles. The van der Waals surface area contributed by atoms with E-state index in [-0.39, 0.29) is 0 Å². The molecule has 0 saturated heterocycles. The Bertz CT molecular complexity index is 821. The van der Waals surface area contributed by atoms with Crippen molar-refractivity contribution in [3.63, 3.8) is 0 Å². The molecular weight excluding hydrogens is 350 g/mol. The monoisotopic (exact) mass is 373 g/mol. The average Bonchev–Trinajstić information content (AvgIpc) is 3.41. The van der Waals surface area contributed by atoms with Gasteiger partial charge in [-0.3, -0.25) is 4.57 Å². The first-order chi connectivity index (χ1) is 12.8. The second-order valence-corrected chi connectivity index (χ2v) is 7.53. The predicted molar refractivity (Wildman–Crippen MR) is 97.7 cm³/mol. The van der Waals surface area contributed by atoms with Crippen molar-refractivity contribution in [2.24, 2.45) is 0 Å². The minimum Gasteiger partial charge on any atom is -0.461 e.